The zero-order valence-electron chi connectivity index (χ0n) is 14.4. The summed E-state index contributed by atoms with van der Waals surface area (Å²) in [5, 5.41) is 5.00. The molecule has 1 N–H and O–H groups in total. The van der Waals surface area contributed by atoms with Gasteiger partial charge in [-0.05, 0) is 31.9 Å². The fraction of sp³-hybridized carbons (Fsp3) is 0.421. The first-order valence-corrected chi connectivity index (χ1v) is 9.58. The van der Waals surface area contributed by atoms with Crippen LogP contribution in [0.25, 0.3) is 0 Å². The molecule has 2 heterocycles. The molecule has 0 radical (unpaired) electrons. The lowest BCUT2D eigenvalue weighted by Gasteiger charge is -2.31. The van der Waals surface area contributed by atoms with Gasteiger partial charge in [0.2, 0.25) is 5.91 Å². The number of hydrogen-bond donors (Lipinski definition) is 1. The zero-order chi connectivity index (χ0) is 17.6. The second-order valence-electron chi connectivity index (χ2n) is 6.45. The van der Waals surface area contributed by atoms with E-state index in [2.05, 4.69) is 10.3 Å². The summed E-state index contributed by atoms with van der Waals surface area (Å²) in [6.07, 6.45) is 2.21. The molecule has 0 bridgehead atoms. The van der Waals surface area contributed by atoms with Crippen LogP contribution in [0.4, 0.5) is 0 Å². The van der Waals surface area contributed by atoms with Crippen LogP contribution in [0.1, 0.15) is 34.5 Å². The minimum Gasteiger partial charge on any atom is -0.355 e. The number of carbonyl (C=O) groups excluding carboxylic acids is 2. The number of aryl methyl sites for hydroxylation is 1. The van der Waals surface area contributed by atoms with Gasteiger partial charge in [-0.1, -0.05) is 17.7 Å². The van der Waals surface area contributed by atoms with E-state index in [1.807, 2.05) is 41.5 Å². The summed E-state index contributed by atoms with van der Waals surface area (Å²) in [6.45, 7) is 3.89. The third kappa shape index (κ3) is 4.66. The van der Waals surface area contributed by atoms with Crippen LogP contribution in [-0.2, 0) is 11.2 Å². The van der Waals surface area contributed by atoms with Crippen molar-refractivity contribution >= 4 is 23.2 Å². The molecule has 1 aromatic heterocycles. The van der Waals surface area contributed by atoms with Crippen molar-refractivity contribution in [1.29, 1.82) is 0 Å². The van der Waals surface area contributed by atoms with Crippen LogP contribution in [0, 0.1) is 12.8 Å². The Morgan fingerprint density at radius 2 is 1.96 bits per heavy atom. The first-order valence-electron chi connectivity index (χ1n) is 8.64. The minimum absolute atomic E-state index is 0.00231. The standard InChI is InChI=1S/C19H23N3O2S/c1-14-2-4-16(5-3-14)19(24)22-10-7-15(8-11-22)18(23)20-9-6-17-12-25-13-21-17/h2-5,12-13,15H,6-11H2,1H3,(H,20,23). The summed E-state index contributed by atoms with van der Waals surface area (Å²) >= 11 is 1.57. The van der Waals surface area contributed by atoms with Gasteiger partial charge in [-0.15, -0.1) is 11.3 Å². The summed E-state index contributed by atoms with van der Waals surface area (Å²) < 4.78 is 0. The molecule has 3 rings (SSSR count). The number of carbonyl (C=O) groups is 2. The number of thiazole rings is 1. The van der Waals surface area contributed by atoms with Crippen LogP contribution in [0.3, 0.4) is 0 Å². The van der Waals surface area contributed by atoms with Gasteiger partial charge >= 0.3 is 0 Å². The maximum atomic E-state index is 12.5. The van der Waals surface area contributed by atoms with Gasteiger partial charge in [0.05, 0.1) is 11.2 Å². The second kappa shape index (κ2) is 8.25. The van der Waals surface area contributed by atoms with Crippen molar-refractivity contribution in [3.8, 4) is 0 Å². The van der Waals surface area contributed by atoms with E-state index in [1.54, 1.807) is 16.8 Å². The predicted octanol–water partition coefficient (Wildman–Crippen LogP) is 2.66. The highest BCUT2D eigenvalue weighted by Crippen LogP contribution is 2.19. The van der Waals surface area contributed by atoms with Crippen molar-refractivity contribution in [2.45, 2.75) is 26.2 Å². The highest BCUT2D eigenvalue weighted by molar-refractivity contribution is 7.07. The van der Waals surface area contributed by atoms with E-state index in [9.17, 15) is 9.59 Å². The quantitative estimate of drug-likeness (QED) is 0.895. The van der Waals surface area contributed by atoms with E-state index >= 15 is 0 Å². The Morgan fingerprint density at radius 3 is 2.60 bits per heavy atom. The molecule has 5 nitrogen and oxygen atoms in total. The Morgan fingerprint density at radius 1 is 1.24 bits per heavy atom. The Balaban J connectivity index is 1.43. The average molecular weight is 357 g/mol. The molecule has 1 aliphatic rings. The molecule has 0 spiro atoms. The molecule has 1 aromatic carbocycles. The number of piperidine rings is 1. The van der Waals surface area contributed by atoms with Crippen LogP contribution in [0.15, 0.2) is 35.2 Å². The van der Waals surface area contributed by atoms with Gasteiger partial charge in [0.1, 0.15) is 0 Å². The van der Waals surface area contributed by atoms with Gasteiger partial charge in [0.25, 0.3) is 5.91 Å². The van der Waals surface area contributed by atoms with Crippen molar-refractivity contribution in [1.82, 2.24) is 15.2 Å². The molecule has 1 fully saturated rings. The second-order valence-corrected chi connectivity index (χ2v) is 7.17. The normalized spacial score (nSPS) is 15.2. The van der Waals surface area contributed by atoms with Crippen molar-refractivity contribution in [2.75, 3.05) is 19.6 Å². The average Bonchev–Trinajstić information content (AvgIpc) is 3.15. The number of hydrogen-bond acceptors (Lipinski definition) is 4. The van der Waals surface area contributed by atoms with Gasteiger partial charge in [-0.3, -0.25) is 9.59 Å². The molecule has 25 heavy (non-hydrogen) atoms. The van der Waals surface area contributed by atoms with E-state index in [0.29, 0.717) is 19.6 Å². The van der Waals surface area contributed by atoms with Crippen molar-refractivity contribution in [3.05, 3.63) is 52.0 Å². The molecule has 0 aliphatic carbocycles. The molecule has 1 aliphatic heterocycles. The molecule has 1 saturated heterocycles. The Bertz CT molecular complexity index is 705. The van der Waals surface area contributed by atoms with Crippen molar-refractivity contribution in [2.24, 2.45) is 5.92 Å². The first kappa shape index (κ1) is 17.6. The van der Waals surface area contributed by atoms with Crippen molar-refractivity contribution in [3.63, 3.8) is 0 Å². The maximum absolute atomic E-state index is 12.5. The van der Waals surface area contributed by atoms with E-state index in [4.69, 9.17) is 0 Å². The minimum atomic E-state index is -0.00231. The molecule has 132 valence electrons. The summed E-state index contributed by atoms with van der Waals surface area (Å²) in [6, 6.07) is 7.65. The van der Waals surface area contributed by atoms with Gasteiger partial charge in [-0.25, -0.2) is 4.98 Å². The van der Waals surface area contributed by atoms with Gasteiger partial charge in [-0.2, -0.15) is 0 Å². The third-order valence-corrected chi connectivity index (χ3v) is 5.25. The lowest BCUT2D eigenvalue weighted by Crippen LogP contribution is -2.43. The number of nitrogens with one attached hydrogen (secondary N) is 1. The molecule has 0 saturated carbocycles. The summed E-state index contributed by atoms with van der Waals surface area (Å²) in [5.74, 6) is 0.151. The number of nitrogens with zero attached hydrogens (tertiary/aromatic N) is 2. The summed E-state index contributed by atoms with van der Waals surface area (Å²) in [4.78, 5) is 30.9. The van der Waals surface area contributed by atoms with Crippen LogP contribution >= 0.6 is 11.3 Å². The van der Waals surface area contributed by atoms with Crippen LogP contribution in [0.5, 0.6) is 0 Å². The van der Waals surface area contributed by atoms with E-state index in [-0.39, 0.29) is 17.7 Å². The van der Waals surface area contributed by atoms with Crippen LogP contribution in [0.2, 0.25) is 0 Å². The molecular weight excluding hydrogens is 334 g/mol. The predicted molar refractivity (Wildman–Crippen MR) is 98.6 cm³/mol. The topological polar surface area (TPSA) is 62.3 Å². The fourth-order valence-corrected chi connectivity index (χ4v) is 3.64. The lowest BCUT2D eigenvalue weighted by atomic mass is 9.95. The van der Waals surface area contributed by atoms with Crippen molar-refractivity contribution < 1.29 is 9.59 Å². The van der Waals surface area contributed by atoms with Gasteiger partial charge in [0, 0.05) is 42.9 Å². The molecule has 0 atom stereocenters. The Hall–Kier alpha value is -2.21. The lowest BCUT2D eigenvalue weighted by molar-refractivity contribution is -0.126. The van der Waals surface area contributed by atoms with Gasteiger partial charge < -0.3 is 10.2 Å². The molecule has 6 heteroatoms. The molecule has 0 unspecified atom stereocenters. The zero-order valence-corrected chi connectivity index (χ0v) is 15.2. The Kier molecular flexibility index (Phi) is 5.81. The third-order valence-electron chi connectivity index (χ3n) is 4.62. The highest BCUT2D eigenvalue weighted by Gasteiger charge is 2.27. The van der Waals surface area contributed by atoms with Gasteiger partial charge in [0.15, 0.2) is 0 Å². The SMILES string of the molecule is Cc1ccc(C(=O)N2CCC(C(=O)NCCc3cscn3)CC2)cc1. The van der Waals surface area contributed by atoms with Crippen LogP contribution < -0.4 is 5.32 Å². The number of likely N-dealkylation sites (tertiary alicyclic amines) is 1. The fourth-order valence-electron chi connectivity index (χ4n) is 3.04. The Labute approximate surface area is 152 Å². The summed E-state index contributed by atoms with van der Waals surface area (Å²) in [7, 11) is 0. The summed E-state index contributed by atoms with van der Waals surface area (Å²) in [5.41, 5.74) is 4.68. The van der Waals surface area contributed by atoms with E-state index in [1.165, 1.54) is 0 Å². The molecule has 2 amide bonds. The molecule has 2 aromatic rings. The van der Waals surface area contributed by atoms with Crippen LogP contribution in [-0.4, -0.2) is 41.3 Å². The molecular formula is C19H23N3O2S. The number of amides is 2. The largest absolute Gasteiger partial charge is 0.355 e. The number of benzene rings is 1. The van der Waals surface area contributed by atoms with E-state index < -0.39 is 0 Å². The number of rotatable bonds is 5. The smallest absolute Gasteiger partial charge is 0.253 e. The highest BCUT2D eigenvalue weighted by atomic mass is 32.1. The first-order chi connectivity index (χ1) is 12.1. The number of aromatic nitrogens is 1. The maximum Gasteiger partial charge on any atom is 0.253 e. The monoisotopic (exact) mass is 357 g/mol. The van der Waals surface area contributed by atoms with E-state index in [0.717, 1.165) is 36.1 Å².